The van der Waals surface area contributed by atoms with Crippen molar-refractivity contribution < 1.29 is 38.2 Å². The number of quaternary nitrogens is 1. The number of carbonyl (C=O) groups is 3. The number of allylic oxidation sites excluding steroid dienone is 6. The zero-order valence-electron chi connectivity index (χ0n) is 36.3. The van der Waals surface area contributed by atoms with Gasteiger partial charge in [-0.15, -0.1) is 0 Å². The number of hydrogen-bond donors (Lipinski definition) is 0. The zero-order valence-corrected chi connectivity index (χ0v) is 36.3. The molecule has 0 heterocycles. The highest BCUT2D eigenvalue weighted by molar-refractivity contribution is 5.70. The van der Waals surface area contributed by atoms with Crippen LogP contribution < -0.4 is 5.11 Å². The summed E-state index contributed by atoms with van der Waals surface area (Å²) in [4.78, 5) is 36.8. The summed E-state index contributed by atoms with van der Waals surface area (Å²) in [6.45, 7) is 4.54. The molecule has 0 spiro atoms. The summed E-state index contributed by atoms with van der Waals surface area (Å²) in [5, 5.41) is 11.6. The summed E-state index contributed by atoms with van der Waals surface area (Å²) in [5.74, 6) is -1.76. The van der Waals surface area contributed by atoms with Gasteiger partial charge in [-0.3, -0.25) is 9.59 Å². The van der Waals surface area contributed by atoms with Crippen molar-refractivity contribution in [3.8, 4) is 0 Å². The third-order valence-corrected chi connectivity index (χ3v) is 10.0. The minimum atomic E-state index is -1.13. The van der Waals surface area contributed by atoms with Crippen LogP contribution in [0.5, 0.6) is 0 Å². The highest BCUT2D eigenvalue weighted by atomic mass is 16.6. The maximum Gasteiger partial charge on any atom is 0.306 e. The van der Waals surface area contributed by atoms with Gasteiger partial charge in [0.2, 0.25) is 0 Å². The highest BCUT2D eigenvalue weighted by Crippen LogP contribution is 2.15. The molecule has 320 valence electrons. The number of rotatable bonds is 40. The molecule has 0 fully saturated rings. The van der Waals surface area contributed by atoms with Crippen LogP contribution in [0.25, 0.3) is 0 Å². The van der Waals surface area contributed by atoms with E-state index in [-0.39, 0.29) is 42.7 Å². The number of likely N-dealkylation sites (N-methyl/N-ethyl adjacent to an activating group) is 1. The molecule has 0 bridgehead atoms. The van der Waals surface area contributed by atoms with Gasteiger partial charge in [-0.2, -0.15) is 0 Å². The van der Waals surface area contributed by atoms with Crippen molar-refractivity contribution in [3.63, 3.8) is 0 Å². The molecule has 0 aromatic rings. The lowest BCUT2D eigenvalue weighted by Crippen LogP contribution is -2.55. The van der Waals surface area contributed by atoms with Crippen LogP contribution in [-0.4, -0.2) is 75.5 Å². The van der Waals surface area contributed by atoms with Gasteiger partial charge in [0.05, 0.1) is 40.3 Å². The van der Waals surface area contributed by atoms with E-state index >= 15 is 0 Å². The van der Waals surface area contributed by atoms with Crippen molar-refractivity contribution in [1.82, 2.24) is 0 Å². The van der Waals surface area contributed by atoms with Gasteiger partial charge in [0, 0.05) is 19.3 Å². The molecule has 8 heteroatoms. The Morgan fingerprint density at radius 2 is 1.02 bits per heavy atom. The van der Waals surface area contributed by atoms with Gasteiger partial charge in [0.25, 0.3) is 0 Å². The monoisotopic (exact) mass is 776 g/mol. The highest BCUT2D eigenvalue weighted by Gasteiger charge is 2.25. The van der Waals surface area contributed by atoms with E-state index in [0.717, 1.165) is 70.6 Å². The van der Waals surface area contributed by atoms with E-state index < -0.39 is 18.1 Å². The Labute approximate surface area is 338 Å². The van der Waals surface area contributed by atoms with E-state index in [9.17, 15) is 19.5 Å². The molecule has 2 unspecified atom stereocenters. The lowest BCUT2D eigenvalue weighted by molar-refractivity contribution is -0.889. The van der Waals surface area contributed by atoms with Gasteiger partial charge in [-0.25, -0.2) is 0 Å². The van der Waals surface area contributed by atoms with Crippen LogP contribution in [0.3, 0.4) is 0 Å². The van der Waals surface area contributed by atoms with Crippen molar-refractivity contribution in [2.75, 3.05) is 41.0 Å². The molecule has 0 saturated carbocycles. The van der Waals surface area contributed by atoms with Crippen molar-refractivity contribution in [2.24, 2.45) is 0 Å². The molecule has 0 N–H and O–H groups in total. The molecule has 0 aliphatic heterocycles. The van der Waals surface area contributed by atoms with Gasteiger partial charge in [0.15, 0.2) is 6.10 Å². The fraction of sp³-hybridized carbons (Fsp3) is 0.809. The predicted molar refractivity (Wildman–Crippen MR) is 227 cm³/mol. The minimum absolute atomic E-state index is 0.0337. The molecule has 0 radical (unpaired) electrons. The number of unbranched alkanes of at least 4 members (excludes halogenated alkanes) is 20. The van der Waals surface area contributed by atoms with Gasteiger partial charge in [-0.1, -0.05) is 166 Å². The molecular weight excluding hydrogens is 691 g/mol. The maximum atomic E-state index is 12.7. The summed E-state index contributed by atoms with van der Waals surface area (Å²) in [5.41, 5.74) is 0. The maximum absolute atomic E-state index is 12.7. The molecule has 0 aliphatic carbocycles. The number of ether oxygens (including phenoxy) is 3. The first-order valence-corrected chi connectivity index (χ1v) is 22.5. The van der Waals surface area contributed by atoms with E-state index in [1.165, 1.54) is 89.9 Å². The van der Waals surface area contributed by atoms with Crippen LogP contribution in [0, 0.1) is 0 Å². The Balaban J connectivity index is 4.32. The number of carboxylic acid groups (broad SMARTS) is 1. The fourth-order valence-corrected chi connectivity index (χ4v) is 6.56. The summed E-state index contributed by atoms with van der Waals surface area (Å²) >= 11 is 0. The molecule has 0 amide bonds. The molecule has 0 aromatic heterocycles. The predicted octanol–water partition coefficient (Wildman–Crippen LogP) is 10.9. The van der Waals surface area contributed by atoms with Gasteiger partial charge >= 0.3 is 11.9 Å². The average molecular weight is 776 g/mol. The smallest absolute Gasteiger partial charge is 0.306 e. The second kappa shape index (κ2) is 38.4. The van der Waals surface area contributed by atoms with Gasteiger partial charge in [-0.05, 0) is 44.9 Å². The van der Waals surface area contributed by atoms with Crippen molar-refractivity contribution >= 4 is 17.9 Å². The van der Waals surface area contributed by atoms with Gasteiger partial charge in [0.1, 0.15) is 12.6 Å². The normalized spacial score (nSPS) is 13.3. The third kappa shape index (κ3) is 36.9. The van der Waals surface area contributed by atoms with Crippen LogP contribution in [0.2, 0.25) is 0 Å². The molecule has 0 aliphatic rings. The second-order valence-electron chi connectivity index (χ2n) is 16.3. The SMILES string of the molecule is CC/C=C/C/C=C/C/C=C/CCCCCCC(=O)OC(COCCC(C(=O)[O-])[N+](C)(C)C)COC(=O)CCCCCCCCCCCCCCCCCCC. The minimum Gasteiger partial charge on any atom is -0.544 e. The topological polar surface area (TPSA) is 102 Å². The summed E-state index contributed by atoms with van der Waals surface area (Å²) < 4.78 is 17.2. The zero-order chi connectivity index (χ0) is 40.7. The standard InChI is InChI=1S/C47H85NO7/c1-6-8-10-12-14-16-18-20-22-23-24-26-27-29-31-33-35-37-45(49)54-42-43(41-53-40-39-44(47(51)52)48(3,4)5)55-46(50)38-36-34-32-30-28-25-21-19-17-15-13-11-9-7-2/h9,11,15,17,21,25,43-44H,6-8,10,12-14,16,18-20,22-24,26-42H2,1-5H3/b11-9+,17-15+,25-21+. The van der Waals surface area contributed by atoms with Crippen LogP contribution in [0.15, 0.2) is 36.5 Å². The molecule has 0 saturated heterocycles. The lowest BCUT2D eigenvalue weighted by Gasteiger charge is -2.34. The van der Waals surface area contributed by atoms with Crippen molar-refractivity contribution in [1.29, 1.82) is 0 Å². The number of aliphatic carboxylic acids is 1. The largest absolute Gasteiger partial charge is 0.544 e. The van der Waals surface area contributed by atoms with Crippen molar-refractivity contribution in [3.05, 3.63) is 36.5 Å². The Morgan fingerprint density at radius 1 is 0.564 bits per heavy atom. The number of carbonyl (C=O) groups excluding carboxylic acids is 3. The first-order chi connectivity index (χ1) is 26.6. The Bertz CT molecular complexity index is 1000. The van der Waals surface area contributed by atoms with Gasteiger partial charge < -0.3 is 28.6 Å². The van der Waals surface area contributed by atoms with Crippen LogP contribution in [0.4, 0.5) is 0 Å². The molecule has 8 nitrogen and oxygen atoms in total. The first-order valence-electron chi connectivity index (χ1n) is 22.5. The molecule has 0 rings (SSSR count). The summed E-state index contributed by atoms with van der Waals surface area (Å²) in [6.07, 6.45) is 43.1. The van der Waals surface area contributed by atoms with E-state index in [2.05, 4.69) is 50.3 Å². The fourth-order valence-electron chi connectivity index (χ4n) is 6.56. The number of hydrogen-bond acceptors (Lipinski definition) is 7. The Morgan fingerprint density at radius 3 is 1.51 bits per heavy atom. The summed E-state index contributed by atoms with van der Waals surface area (Å²) in [6, 6.07) is -0.728. The number of carboxylic acids is 1. The van der Waals surface area contributed by atoms with Crippen LogP contribution >= 0.6 is 0 Å². The molecular formula is C47H85NO7. The van der Waals surface area contributed by atoms with E-state index in [0.29, 0.717) is 12.8 Å². The van der Waals surface area contributed by atoms with E-state index in [1.807, 2.05) is 0 Å². The second-order valence-corrected chi connectivity index (χ2v) is 16.3. The first kappa shape index (κ1) is 52.6. The molecule has 0 aromatic carbocycles. The number of nitrogens with zero attached hydrogens (tertiary/aromatic N) is 1. The lowest BCUT2D eigenvalue weighted by atomic mass is 10.0. The molecule has 55 heavy (non-hydrogen) atoms. The third-order valence-electron chi connectivity index (χ3n) is 10.0. The average Bonchev–Trinajstić information content (AvgIpc) is 3.14. The summed E-state index contributed by atoms with van der Waals surface area (Å²) in [7, 11) is 5.40. The van der Waals surface area contributed by atoms with E-state index in [1.54, 1.807) is 21.1 Å². The van der Waals surface area contributed by atoms with Crippen molar-refractivity contribution in [2.45, 2.75) is 206 Å². The Kier molecular flexibility index (Phi) is 36.7. The Hall–Kier alpha value is -2.45. The van der Waals surface area contributed by atoms with Crippen LogP contribution in [0.1, 0.15) is 194 Å². The molecule has 2 atom stereocenters. The number of esters is 2. The quantitative estimate of drug-likeness (QED) is 0.0264. The van der Waals surface area contributed by atoms with E-state index in [4.69, 9.17) is 14.2 Å². The van der Waals surface area contributed by atoms with Crippen LogP contribution in [-0.2, 0) is 28.6 Å².